The topological polar surface area (TPSA) is 41.6 Å². The lowest BCUT2D eigenvalue weighted by Crippen LogP contribution is -2.54. The highest BCUT2D eigenvalue weighted by Gasteiger charge is 2.43. The number of nitrogens with zero attached hydrogens (tertiary/aromatic N) is 2. The van der Waals surface area contributed by atoms with E-state index in [1.54, 1.807) is 0 Å². The predicted octanol–water partition coefficient (Wildman–Crippen LogP) is 1.56. The molecule has 1 aromatic carbocycles. The summed E-state index contributed by atoms with van der Waals surface area (Å²) >= 11 is 0. The molecule has 0 amide bonds. The van der Waals surface area contributed by atoms with Gasteiger partial charge in [0.15, 0.2) is 5.96 Å². The summed E-state index contributed by atoms with van der Waals surface area (Å²) < 4.78 is 0. The number of fused-ring (bicyclic) bond motifs is 1. The third-order valence-electron chi connectivity index (χ3n) is 4.20. The molecular formula is C14H19N3. The fourth-order valence-corrected chi connectivity index (χ4v) is 3.29. The zero-order valence-electron chi connectivity index (χ0n) is 10.3. The van der Waals surface area contributed by atoms with Gasteiger partial charge >= 0.3 is 0 Å². The number of guanidine groups is 1. The van der Waals surface area contributed by atoms with E-state index < -0.39 is 0 Å². The molecule has 1 aliphatic carbocycles. The van der Waals surface area contributed by atoms with Crippen LogP contribution in [-0.2, 0) is 12.8 Å². The van der Waals surface area contributed by atoms with Crippen molar-refractivity contribution in [3.63, 3.8) is 0 Å². The van der Waals surface area contributed by atoms with Crippen LogP contribution in [0, 0.1) is 0 Å². The monoisotopic (exact) mass is 229 g/mol. The van der Waals surface area contributed by atoms with Crippen molar-refractivity contribution >= 4 is 5.96 Å². The standard InChI is InChI=1S/C14H19N3/c1-2-17-13(15)16-10-14(17)8-7-11-5-3-4-6-12(11)9-14/h3-6H,2,7-10H2,1H3,(H2,15,16). The first-order valence-corrected chi connectivity index (χ1v) is 6.39. The lowest BCUT2D eigenvalue weighted by atomic mass is 9.77. The summed E-state index contributed by atoms with van der Waals surface area (Å²) in [5, 5.41) is 0. The number of benzene rings is 1. The van der Waals surface area contributed by atoms with E-state index in [2.05, 4.69) is 41.1 Å². The maximum Gasteiger partial charge on any atom is 0.191 e. The van der Waals surface area contributed by atoms with Crippen molar-refractivity contribution in [1.29, 1.82) is 0 Å². The SMILES string of the molecule is CCN1C(N)=NCC12CCc1ccccc1C2. The van der Waals surface area contributed by atoms with Crippen LogP contribution in [0.15, 0.2) is 29.3 Å². The molecule has 0 saturated heterocycles. The Balaban J connectivity index is 1.93. The largest absolute Gasteiger partial charge is 0.370 e. The number of aryl methyl sites for hydroxylation is 1. The van der Waals surface area contributed by atoms with Crippen LogP contribution in [0.4, 0.5) is 0 Å². The van der Waals surface area contributed by atoms with Crippen molar-refractivity contribution in [2.75, 3.05) is 13.1 Å². The molecule has 0 fully saturated rings. The number of hydrogen-bond acceptors (Lipinski definition) is 3. The van der Waals surface area contributed by atoms with Crippen molar-refractivity contribution < 1.29 is 0 Å². The van der Waals surface area contributed by atoms with Gasteiger partial charge in [-0.2, -0.15) is 0 Å². The molecule has 1 spiro atoms. The van der Waals surface area contributed by atoms with E-state index >= 15 is 0 Å². The Kier molecular flexibility index (Phi) is 2.35. The van der Waals surface area contributed by atoms with E-state index in [1.807, 2.05) is 0 Å². The van der Waals surface area contributed by atoms with Gasteiger partial charge in [0.25, 0.3) is 0 Å². The van der Waals surface area contributed by atoms with Crippen LogP contribution in [-0.4, -0.2) is 29.5 Å². The van der Waals surface area contributed by atoms with Gasteiger partial charge < -0.3 is 10.6 Å². The first-order chi connectivity index (χ1) is 8.25. The molecule has 1 atom stereocenters. The maximum absolute atomic E-state index is 5.99. The van der Waals surface area contributed by atoms with Crippen molar-refractivity contribution in [1.82, 2.24) is 4.90 Å². The van der Waals surface area contributed by atoms with E-state index in [9.17, 15) is 0 Å². The molecule has 3 nitrogen and oxygen atoms in total. The second-order valence-corrected chi connectivity index (χ2v) is 5.09. The fourth-order valence-electron chi connectivity index (χ4n) is 3.29. The second kappa shape index (κ2) is 3.76. The molecule has 1 unspecified atom stereocenters. The molecule has 0 radical (unpaired) electrons. The predicted molar refractivity (Wildman–Crippen MR) is 70.1 cm³/mol. The van der Waals surface area contributed by atoms with Crippen molar-refractivity contribution in [2.24, 2.45) is 10.7 Å². The van der Waals surface area contributed by atoms with Crippen LogP contribution < -0.4 is 5.73 Å². The van der Waals surface area contributed by atoms with Crippen LogP contribution >= 0.6 is 0 Å². The van der Waals surface area contributed by atoms with Gasteiger partial charge in [0.05, 0.1) is 12.1 Å². The van der Waals surface area contributed by atoms with Crippen LogP contribution in [0.5, 0.6) is 0 Å². The molecule has 2 aliphatic rings. The molecule has 0 aromatic heterocycles. The summed E-state index contributed by atoms with van der Waals surface area (Å²) in [7, 11) is 0. The third-order valence-corrected chi connectivity index (χ3v) is 4.20. The molecule has 3 heteroatoms. The lowest BCUT2D eigenvalue weighted by molar-refractivity contribution is 0.183. The molecule has 2 N–H and O–H groups in total. The zero-order chi connectivity index (χ0) is 11.9. The zero-order valence-corrected chi connectivity index (χ0v) is 10.3. The van der Waals surface area contributed by atoms with Crippen molar-refractivity contribution in [3.8, 4) is 0 Å². The van der Waals surface area contributed by atoms with E-state index in [-0.39, 0.29) is 5.54 Å². The molecule has 90 valence electrons. The molecule has 3 rings (SSSR count). The summed E-state index contributed by atoms with van der Waals surface area (Å²) in [6.07, 6.45) is 3.40. The summed E-state index contributed by atoms with van der Waals surface area (Å²) in [4.78, 5) is 6.75. The molecule has 1 aliphatic heterocycles. The maximum atomic E-state index is 5.99. The van der Waals surface area contributed by atoms with Gasteiger partial charge in [-0.15, -0.1) is 0 Å². The first kappa shape index (κ1) is 10.6. The summed E-state index contributed by atoms with van der Waals surface area (Å²) in [5.74, 6) is 0.729. The Bertz CT molecular complexity index is 466. The lowest BCUT2D eigenvalue weighted by Gasteiger charge is -2.42. The number of hydrogen-bond donors (Lipinski definition) is 1. The fraction of sp³-hybridized carbons (Fsp3) is 0.500. The van der Waals surface area contributed by atoms with Crippen LogP contribution in [0.25, 0.3) is 0 Å². The average Bonchev–Trinajstić information content (AvgIpc) is 2.66. The Labute approximate surface area is 102 Å². The normalized spacial score (nSPS) is 27.1. The highest BCUT2D eigenvalue weighted by atomic mass is 15.4. The molecular weight excluding hydrogens is 210 g/mol. The number of likely N-dealkylation sites (N-methyl/N-ethyl adjacent to an activating group) is 1. The Hall–Kier alpha value is -1.51. The summed E-state index contributed by atoms with van der Waals surface area (Å²) in [6, 6.07) is 8.76. The van der Waals surface area contributed by atoms with E-state index in [1.165, 1.54) is 17.5 Å². The van der Waals surface area contributed by atoms with E-state index in [0.717, 1.165) is 31.9 Å². The minimum Gasteiger partial charge on any atom is -0.370 e. The van der Waals surface area contributed by atoms with Crippen LogP contribution in [0.3, 0.4) is 0 Å². The van der Waals surface area contributed by atoms with Gasteiger partial charge in [0.1, 0.15) is 0 Å². The Morgan fingerprint density at radius 1 is 1.35 bits per heavy atom. The molecule has 1 aromatic rings. The summed E-state index contributed by atoms with van der Waals surface area (Å²) in [6.45, 7) is 3.98. The molecule has 0 saturated carbocycles. The minimum atomic E-state index is 0.160. The van der Waals surface area contributed by atoms with E-state index in [0.29, 0.717) is 0 Å². The third kappa shape index (κ3) is 1.53. The Morgan fingerprint density at radius 2 is 2.12 bits per heavy atom. The summed E-state index contributed by atoms with van der Waals surface area (Å²) in [5.41, 5.74) is 9.12. The van der Waals surface area contributed by atoms with Gasteiger partial charge in [-0.05, 0) is 37.3 Å². The van der Waals surface area contributed by atoms with Gasteiger partial charge in [0, 0.05) is 6.54 Å². The minimum absolute atomic E-state index is 0.160. The number of nitrogens with two attached hydrogens (primary N) is 1. The molecule has 0 bridgehead atoms. The quantitative estimate of drug-likeness (QED) is 0.794. The number of rotatable bonds is 1. The van der Waals surface area contributed by atoms with E-state index in [4.69, 9.17) is 5.73 Å². The van der Waals surface area contributed by atoms with Crippen LogP contribution in [0.2, 0.25) is 0 Å². The van der Waals surface area contributed by atoms with Gasteiger partial charge in [-0.3, -0.25) is 4.99 Å². The van der Waals surface area contributed by atoms with Gasteiger partial charge in [0.2, 0.25) is 0 Å². The Morgan fingerprint density at radius 3 is 2.88 bits per heavy atom. The average molecular weight is 229 g/mol. The number of aliphatic imine (C=N–C) groups is 1. The highest BCUT2D eigenvalue weighted by Crippen LogP contribution is 2.36. The van der Waals surface area contributed by atoms with Crippen molar-refractivity contribution in [2.45, 2.75) is 31.7 Å². The highest BCUT2D eigenvalue weighted by molar-refractivity contribution is 5.81. The van der Waals surface area contributed by atoms with Crippen LogP contribution in [0.1, 0.15) is 24.5 Å². The molecule has 17 heavy (non-hydrogen) atoms. The second-order valence-electron chi connectivity index (χ2n) is 5.09. The smallest absolute Gasteiger partial charge is 0.191 e. The first-order valence-electron chi connectivity index (χ1n) is 6.39. The van der Waals surface area contributed by atoms with Gasteiger partial charge in [-0.1, -0.05) is 24.3 Å². The van der Waals surface area contributed by atoms with Crippen molar-refractivity contribution in [3.05, 3.63) is 35.4 Å². The van der Waals surface area contributed by atoms with Gasteiger partial charge in [-0.25, -0.2) is 0 Å². The molecule has 1 heterocycles.